The molecule has 290 valence electrons. The lowest BCUT2D eigenvalue weighted by Crippen LogP contribution is -2.73. The Balaban J connectivity index is 1.09. The summed E-state index contributed by atoms with van der Waals surface area (Å²) in [5.74, 6) is 3.39. The molecular weight excluding hydrogens is 711 g/mol. The van der Waals surface area contributed by atoms with Crippen LogP contribution >= 0.6 is 0 Å². The van der Waals surface area contributed by atoms with Crippen LogP contribution in [0.4, 0.5) is 17.1 Å². The molecule has 4 fully saturated rings. The molecule has 13 rings (SSSR count). The lowest BCUT2D eigenvalue weighted by atomic mass is 9.27. The summed E-state index contributed by atoms with van der Waals surface area (Å²) in [5, 5.41) is 2.57. The fourth-order valence-electron chi connectivity index (χ4n) is 14.7. The molecule has 0 N–H and O–H groups in total. The minimum Gasteiger partial charge on any atom is -0.310 e. The molecule has 1 heteroatoms. The highest BCUT2D eigenvalue weighted by Crippen LogP contribution is 2.89. The van der Waals surface area contributed by atoms with Gasteiger partial charge in [-0.2, -0.15) is 0 Å². The van der Waals surface area contributed by atoms with E-state index in [-0.39, 0.29) is 16.2 Å². The van der Waals surface area contributed by atoms with E-state index < -0.39 is 0 Å². The molecule has 6 unspecified atom stereocenters. The van der Waals surface area contributed by atoms with E-state index >= 15 is 0 Å². The third kappa shape index (κ3) is 4.42. The SMILES string of the molecule is CC1(C)CCC(C)(C)c2cc(N(c3ccc(-c4ccccc4)cc3)c3cc4c(cc3-c3ccc5ccccc5c3)-c3ccccc3C43C4CC5CC6CC3C64C5)ccc21. The van der Waals surface area contributed by atoms with Gasteiger partial charge in [-0.05, 0) is 182 Å². The predicted octanol–water partition coefficient (Wildman–Crippen LogP) is 15.3. The van der Waals surface area contributed by atoms with Gasteiger partial charge in [0.15, 0.2) is 0 Å². The Kier molecular flexibility index (Phi) is 6.81. The number of rotatable bonds is 5. The molecule has 6 aliphatic carbocycles. The van der Waals surface area contributed by atoms with Crippen LogP contribution in [0.1, 0.15) is 88.5 Å². The van der Waals surface area contributed by atoms with Gasteiger partial charge in [-0.1, -0.05) is 137 Å². The number of hydrogen-bond acceptors (Lipinski definition) is 1. The number of fused-ring (bicyclic) bond motifs is 10. The summed E-state index contributed by atoms with van der Waals surface area (Å²) in [6.07, 6.45) is 8.18. The minimum absolute atomic E-state index is 0.0946. The van der Waals surface area contributed by atoms with Gasteiger partial charge < -0.3 is 4.90 Å². The van der Waals surface area contributed by atoms with Gasteiger partial charge in [0.25, 0.3) is 0 Å². The van der Waals surface area contributed by atoms with E-state index in [0.29, 0.717) is 5.41 Å². The van der Waals surface area contributed by atoms with Gasteiger partial charge in [-0.15, -0.1) is 0 Å². The van der Waals surface area contributed by atoms with Crippen LogP contribution in [-0.2, 0) is 16.2 Å². The Morgan fingerprint density at radius 1 is 0.458 bits per heavy atom. The van der Waals surface area contributed by atoms with Crippen LogP contribution in [0.3, 0.4) is 0 Å². The molecule has 7 aromatic rings. The van der Waals surface area contributed by atoms with Crippen LogP contribution < -0.4 is 4.90 Å². The molecule has 2 bridgehead atoms. The lowest BCUT2D eigenvalue weighted by molar-refractivity contribution is -0.231. The summed E-state index contributed by atoms with van der Waals surface area (Å²) < 4.78 is 0. The van der Waals surface area contributed by atoms with Gasteiger partial charge in [-0.3, -0.25) is 0 Å². The molecule has 0 heterocycles. The average Bonchev–Trinajstić information content (AvgIpc) is 3.89. The van der Waals surface area contributed by atoms with Gasteiger partial charge in [0.05, 0.1) is 5.69 Å². The van der Waals surface area contributed by atoms with Gasteiger partial charge in [0, 0.05) is 22.4 Å². The van der Waals surface area contributed by atoms with E-state index in [1.54, 1.807) is 11.1 Å². The molecule has 6 aliphatic rings. The molecule has 59 heavy (non-hydrogen) atoms. The first kappa shape index (κ1) is 34.5. The summed E-state index contributed by atoms with van der Waals surface area (Å²) in [5.41, 5.74) is 19.0. The summed E-state index contributed by atoms with van der Waals surface area (Å²) in [6.45, 7) is 9.83. The van der Waals surface area contributed by atoms with Crippen molar-refractivity contribution in [1.82, 2.24) is 0 Å². The first-order valence-electron chi connectivity index (χ1n) is 22.6. The zero-order valence-corrected chi connectivity index (χ0v) is 34.9. The maximum absolute atomic E-state index is 2.73. The summed E-state index contributed by atoms with van der Waals surface area (Å²) in [6, 6.07) is 58.8. The van der Waals surface area contributed by atoms with Crippen molar-refractivity contribution >= 4 is 27.8 Å². The third-order valence-corrected chi connectivity index (χ3v) is 17.4. The van der Waals surface area contributed by atoms with E-state index in [4.69, 9.17) is 0 Å². The molecule has 7 aromatic carbocycles. The normalized spacial score (nSPS) is 28.0. The molecule has 0 amide bonds. The van der Waals surface area contributed by atoms with Crippen molar-refractivity contribution in [1.29, 1.82) is 0 Å². The van der Waals surface area contributed by atoms with Crippen LogP contribution in [0.15, 0.2) is 152 Å². The van der Waals surface area contributed by atoms with Crippen molar-refractivity contribution in [3.8, 4) is 33.4 Å². The fourth-order valence-corrected chi connectivity index (χ4v) is 14.7. The Morgan fingerprint density at radius 3 is 1.95 bits per heavy atom. The van der Waals surface area contributed by atoms with Gasteiger partial charge in [0.1, 0.15) is 0 Å². The Hall–Kier alpha value is -5.40. The molecule has 2 spiro atoms. The van der Waals surface area contributed by atoms with Crippen LogP contribution in [-0.4, -0.2) is 0 Å². The first-order valence-corrected chi connectivity index (χ1v) is 22.6. The monoisotopic (exact) mass is 763 g/mol. The summed E-state index contributed by atoms with van der Waals surface area (Å²) in [4.78, 5) is 2.65. The highest BCUT2D eigenvalue weighted by molar-refractivity contribution is 5.98. The molecular formula is C58H53N. The quantitative estimate of drug-likeness (QED) is 0.169. The Morgan fingerprint density at radius 2 is 1.14 bits per heavy atom. The smallest absolute Gasteiger partial charge is 0.0543 e. The van der Waals surface area contributed by atoms with Crippen molar-refractivity contribution in [2.45, 2.75) is 82.5 Å². The van der Waals surface area contributed by atoms with Crippen molar-refractivity contribution in [2.24, 2.45) is 29.1 Å². The van der Waals surface area contributed by atoms with E-state index in [0.717, 1.165) is 23.7 Å². The van der Waals surface area contributed by atoms with E-state index in [1.807, 2.05) is 0 Å². The summed E-state index contributed by atoms with van der Waals surface area (Å²) >= 11 is 0. The summed E-state index contributed by atoms with van der Waals surface area (Å²) in [7, 11) is 0. The molecule has 0 aliphatic heterocycles. The number of anilines is 3. The second-order valence-electron chi connectivity index (χ2n) is 20.8. The molecule has 0 aromatic heterocycles. The van der Waals surface area contributed by atoms with Crippen LogP contribution in [0.5, 0.6) is 0 Å². The van der Waals surface area contributed by atoms with Gasteiger partial charge >= 0.3 is 0 Å². The van der Waals surface area contributed by atoms with Crippen LogP contribution in [0.2, 0.25) is 0 Å². The molecule has 0 saturated heterocycles. The standard InChI is InChI=1S/C58H53N/c1-55(2)26-27-56(3,4)51-32-44(24-25-49(51)55)59(43-22-20-39(21-23-43)37-12-6-5-7-13-37)52-34-50-47(33-46(52)41-19-18-38-14-8-9-15-40(38)30-41)45-16-10-11-17-48(45)58(50)53-29-36-28-42-31-54(58)57(42,53)35-36/h5-25,30,32-34,36,42,53-54H,26-29,31,35H2,1-4H3. The van der Waals surface area contributed by atoms with Crippen molar-refractivity contribution in [3.63, 3.8) is 0 Å². The van der Waals surface area contributed by atoms with Crippen LogP contribution in [0, 0.1) is 29.1 Å². The minimum atomic E-state index is 0.0946. The average molecular weight is 764 g/mol. The zero-order valence-electron chi connectivity index (χ0n) is 34.9. The topological polar surface area (TPSA) is 3.24 Å². The molecule has 0 radical (unpaired) electrons. The van der Waals surface area contributed by atoms with Gasteiger partial charge in [-0.25, -0.2) is 0 Å². The molecule has 4 saturated carbocycles. The largest absolute Gasteiger partial charge is 0.310 e. The Labute approximate surface area is 350 Å². The second-order valence-corrected chi connectivity index (χ2v) is 20.8. The van der Waals surface area contributed by atoms with Crippen molar-refractivity contribution in [3.05, 3.63) is 174 Å². The number of benzene rings is 7. The number of nitrogens with zero attached hydrogens (tertiary/aromatic N) is 1. The first-order chi connectivity index (χ1) is 28.7. The van der Waals surface area contributed by atoms with Crippen molar-refractivity contribution in [2.75, 3.05) is 4.90 Å². The fraction of sp³-hybridized carbons (Fsp3) is 0.310. The molecule has 6 atom stereocenters. The van der Waals surface area contributed by atoms with Crippen LogP contribution in [0.25, 0.3) is 44.2 Å². The highest BCUT2D eigenvalue weighted by Gasteiger charge is 2.84. The van der Waals surface area contributed by atoms with E-state index in [1.165, 1.54) is 111 Å². The highest BCUT2D eigenvalue weighted by atomic mass is 15.1. The second kappa shape index (κ2) is 11.7. The lowest BCUT2D eigenvalue weighted by Gasteiger charge is -2.76. The number of hydrogen-bond donors (Lipinski definition) is 0. The third-order valence-electron chi connectivity index (χ3n) is 17.4. The zero-order chi connectivity index (χ0) is 39.5. The Bertz CT molecular complexity index is 2880. The molecule has 1 nitrogen and oxygen atoms in total. The maximum Gasteiger partial charge on any atom is 0.0543 e. The van der Waals surface area contributed by atoms with E-state index in [2.05, 4.69) is 184 Å². The van der Waals surface area contributed by atoms with E-state index in [9.17, 15) is 0 Å². The van der Waals surface area contributed by atoms with Crippen molar-refractivity contribution < 1.29 is 0 Å². The predicted molar refractivity (Wildman–Crippen MR) is 246 cm³/mol. The van der Waals surface area contributed by atoms with Gasteiger partial charge in [0.2, 0.25) is 0 Å². The maximum atomic E-state index is 2.73.